The fraction of sp³-hybridized carbons (Fsp3) is 1.00. The molecule has 2 unspecified atom stereocenters. The zero-order valence-electron chi connectivity index (χ0n) is 11.9. The van der Waals surface area contributed by atoms with Crippen LogP contribution in [-0.4, -0.2) is 12.1 Å². The van der Waals surface area contributed by atoms with Gasteiger partial charge in [-0.1, -0.05) is 39.0 Å². The second kappa shape index (κ2) is 6.78. The van der Waals surface area contributed by atoms with Gasteiger partial charge in [-0.05, 0) is 50.9 Å². The van der Waals surface area contributed by atoms with E-state index in [-0.39, 0.29) is 0 Å². The first-order valence-corrected chi connectivity index (χ1v) is 8.05. The maximum absolute atomic E-state index is 3.95. The van der Waals surface area contributed by atoms with Crippen LogP contribution in [0.4, 0.5) is 0 Å². The highest BCUT2D eigenvalue weighted by Crippen LogP contribution is 2.30. The molecule has 2 saturated carbocycles. The van der Waals surface area contributed by atoms with E-state index in [1.165, 1.54) is 64.2 Å². The molecule has 2 fully saturated rings. The van der Waals surface area contributed by atoms with Crippen LogP contribution >= 0.6 is 0 Å². The summed E-state index contributed by atoms with van der Waals surface area (Å²) in [6.07, 6.45) is 14.5. The maximum Gasteiger partial charge on any atom is 0.00697 e. The van der Waals surface area contributed by atoms with Gasteiger partial charge in [0.2, 0.25) is 0 Å². The van der Waals surface area contributed by atoms with Crippen LogP contribution in [0.5, 0.6) is 0 Å². The van der Waals surface area contributed by atoms with Gasteiger partial charge in [0.05, 0.1) is 0 Å². The fourth-order valence-electron chi connectivity index (χ4n) is 3.92. The van der Waals surface area contributed by atoms with E-state index in [2.05, 4.69) is 19.2 Å². The van der Waals surface area contributed by atoms with Gasteiger partial charge in [0.25, 0.3) is 0 Å². The van der Waals surface area contributed by atoms with Crippen LogP contribution < -0.4 is 5.32 Å². The zero-order valence-corrected chi connectivity index (χ0v) is 11.9. The lowest BCUT2D eigenvalue weighted by atomic mass is 9.96. The van der Waals surface area contributed by atoms with Gasteiger partial charge in [0.15, 0.2) is 0 Å². The van der Waals surface area contributed by atoms with Crippen molar-refractivity contribution < 1.29 is 0 Å². The molecular weight excluding hydrogens is 206 g/mol. The molecule has 0 radical (unpaired) electrons. The van der Waals surface area contributed by atoms with Crippen molar-refractivity contribution in [2.75, 3.05) is 0 Å². The van der Waals surface area contributed by atoms with Gasteiger partial charge in [-0.25, -0.2) is 0 Å². The van der Waals surface area contributed by atoms with Crippen molar-refractivity contribution >= 4 is 0 Å². The van der Waals surface area contributed by atoms with Crippen LogP contribution in [0.15, 0.2) is 0 Å². The quantitative estimate of drug-likeness (QED) is 0.709. The predicted molar refractivity (Wildman–Crippen MR) is 75.2 cm³/mol. The summed E-state index contributed by atoms with van der Waals surface area (Å²) < 4.78 is 0. The Hall–Kier alpha value is -0.0400. The molecule has 2 rings (SSSR count). The van der Waals surface area contributed by atoms with Crippen molar-refractivity contribution in [1.82, 2.24) is 5.32 Å². The lowest BCUT2D eigenvalue weighted by Crippen LogP contribution is -2.40. The average molecular weight is 237 g/mol. The van der Waals surface area contributed by atoms with Crippen molar-refractivity contribution in [2.45, 2.75) is 90.1 Å². The highest BCUT2D eigenvalue weighted by molar-refractivity contribution is 4.82. The molecule has 0 aromatic carbocycles. The summed E-state index contributed by atoms with van der Waals surface area (Å²) in [6.45, 7) is 4.79. The Bertz CT molecular complexity index is 208. The topological polar surface area (TPSA) is 12.0 Å². The summed E-state index contributed by atoms with van der Waals surface area (Å²) in [7, 11) is 0. The Morgan fingerprint density at radius 1 is 0.941 bits per heavy atom. The number of hydrogen-bond donors (Lipinski definition) is 1. The maximum atomic E-state index is 3.95. The Morgan fingerprint density at radius 3 is 2.41 bits per heavy atom. The summed E-state index contributed by atoms with van der Waals surface area (Å²) in [4.78, 5) is 0. The Labute approximate surface area is 108 Å². The molecule has 1 N–H and O–H groups in total. The third-order valence-electron chi connectivity index (χ3n) is 5.27. The van der Waals surface area contributed by atoms with Crippen molar-refractivity contribution in [2.24, 2.45) is 11.8 Å². The first kappa shape index (κ1) is 13.4. The molecule has 0 heterocycles. The molecule has 0 aliphatic heterocycles. The van der Waals surface area contributed by atoms with E-state index in [1.54, 1.807) is 0 Å². The van der Waals surface area contributed by atoms with Crippen molar-refractivity contribution in [1.29, 1.82) is 0 Å². The van der Waals surface area contributed by atoms with Crippen molar-refractivity contribution in [3.63, 3.8) is 0 Å². The summed E-state index contributed by atoms with van der Waals surface area (Å²) in [5, 5.41) is 3.95. The second-order valence-corrected chi connectivity index (χ2v) is 6.48. The van der Waals surface area contributed by atoms with E-state index in [1.807, 2.05) is 0 Å². The molecule has 17 heavy (non-hydrogen) atoms. The number of nitrogens with one attached hydrogen (secondary N) is 1. The molecule has 0 amide bonds. The summed E-state index contributed by atoms with van der Waals surface area (Å²) in [5.41, 5.74) is 0. The average Bonchev–Trinajstić information content (AvgIpc) is 2.78. The van der Waals surface area contributed by atoms with E-state index in [0.717, 1.165) is 23.9 Å². The fourth-order valence-corrected chi connectivity index (χ4v) is 3.92. The van der Waals surface area contributed by atoms with E-state index in [9.17, 15) is 0 Å². The van der Waals surface area contributed by atoms with Crippen LogP contribution in [0.25, 0.3) is 0 Å². The third kappa shape index (κ3) is 3.98. The summed E-state index contributed by atoms with van der Waals surface area (Å²) in [6, 6.07) is 1.59. The highest BCUT2D eigenvalue weighted by Gasteiger charge is 2.24. The molecule has 0 aromatic rings. The monoisotopic (exact) mass is 237 g/mol. The van der Waals surface area contributed by atoms with Gasteiger partial charge in [0, 0.05) is 12.1 Å². The van der Waals surface area contributed by atoms with Gasteiger partial charge in [0.1, 0.15) is 0 Å². The number of rotatable bonds is 4. The molecule has 2 aliphatic carbocycles. The molecular formula is C16H31N. The molecule has 0 saturated heterocycles. The van der Waals surface area contributed by atoms with Gasteiger partial charge < -0.3 is 5.32 Å². The van der Waals surface area contributed by atoms with Crippen LogP contribution in [0.1, 0.15) is 78.1 Å². The van der Waals surface area contributed by atoms with Crippen LogP contribution in [0.3, 0.4) is 0 Å². The second-order valence-electron chi connectivity index (χ2n) is 6.48. The normalized spacial score (nSPS) is 33.5. The Morgan fingerprint density at radius 2 is 1.71 bits per heavy atom. The molecule has 0 aromatic heterocycles. The first-order valence-electron chi connectivity index (χ1n) is 8.05. The third-order valence-corrected chi connectivity index (χ3v) is 5.27. The van der Waals surface area contributed by atoms with Crippen LogP contribution in [-0.2, 0) is 0 Å². The lowest BCUT2D eigenvalue weighted by molar-refractivity contribution is 0.321. The molecule has 1 nitrogen and oxygen atoms in total. The van der Waals surface area contributed by atoms with E-state index < -0.39 is 0 Å². The van der Waals surface area contributed by atoms with Crippen molar-refractivity contribution in [3.8, 4) is 0 Å². The minimum absolute atomic E-state index is 0.765. The molecule has 0 bridgehead atoms. The molecule has 0 spiro atoms. The van der Waals surface area contributed by atoms with Crippen LogP contribution in [0, 0.1) is 11.8 Å². The molecule has 1 heteroatoms. The minimum atomic E-state index is 0.765. The Balaban J connectivity index is 1.74. The zero-order chi connectivity index (χ0) is 12.1. The molecule has 3 atom stereocenters. The molecule has 2 aliphatic rings. The standard InChI is InChI=1S/C16H31N/c1-3-14-7-6-10-16(12-11-14)17-13(2)15-8-4-5-9-15/h13-17H,3-12H2,1-2H3/t13-,14?,16?/m0/s1. The minimum Gasteiger partial charge on any atom is -0.311 e. The first-order chi connectivity index (χ1) is 8.29. The smallest absolute Gasteiger partial charge is 0.00697 e. The highest BCUT2D eigenvalue weighted by atomic mass is 15.0. The summed E-state index contributed by atoms with van der Waals surface area (Å²) >= 11 is 0. The SMILES string of the molecule is CCC1CCCC(N[C@@H](C)C2CCCC2)CC1. The lowest BCUT2D eigenvalue weighted by Gasteiger charge is -2.26. The van der Waals surface area contributed by atoms with Crippen molar-refractivity contribution in [3.05, 3.63) is 0 Å². The Kier molecular flexibility index (Phi) is 5.34. The van der Waals surface area contributed by atoms with Gasteiger partial charge in [-0.15, -0.1) is 0 Å². The van der Waals surface area contributed by atoms with Gasteiger partial charge in [-0.2, -0.15) is 0 Å². The molecule has 100 valence electrons. The number of hydrogen-bond acceptors (Lipinski definition) is 1. The predicted octanol–water partition coefficient (Wildman–Crippen LogP) is 4.51. The van der Waals surface area contributed by atoms with Crippen LogP contribution in [0.2, 0.25) is 0 Å². The van der Waals surface area contributed by atoms with E-state index >= 15 is 0 Å². The van der Waals surface area contributed by atoms with Gasteiger partial charge in [-0.3, -0.25) is 0 Å². The van der Waals surface area contributed by atoms with E-state index in [0.29, 0.717) is 0 Å². The van der Waals surface area contributed by atoms with Gasteiger partial charge >= 0.3 is 0 Å². The van der Waals surface area contributed by atoms with E-state index in [4.69, 9.17) is 0 Å². The summed E-state index contributed by atoms with van der Waals surface area (Å²) in [5.74, 6) is 1.99. The largest absolute Gasteiger partial charge is 0.311 e.